The van der Waals surface area contributed by atoms with Crippen LogP contribution in [-0.2, 0) is 11.2 Å². The van der Waals surface area contributed by atoms with Crippen LogP contribution in [0.2, 0.25) is 0 Å². The van der Waals surface area contributed by atoms with Gasteiger partial charge in [0, 0.05) is 12.2 Å². The quantitative estimate of drug-likeness (QED) is 0.284. The van der Waals surface area contributed by atoms with Gasteiger partial charge in [0.1, 0.15) is 12.4 Å². The van der Waals surface area contributed by atoms with Crippen molar-refractivity contribution in [2.45, 2.75) is 33.2 Å². The van der Waals surface area contributed by atoms with Crippen molar-refractivity contribution in [3.05, 3.63) is 82.4 Å². The van der Waals surface area contributed by atoms with E-state index >= 15 is 0 Å². The average Bonchev–Trinajstić information content (AvgIpc) is 2.92. The third-order valence-electron chi connectivity index (χ3n) is 6.66. The van der Waals surface area contributed by atoms with Gasteiger partial charge in [0.15, 0.2) is 16.6 Å². The predicted octanol–water partition coefficient (Wildman–Crippen LogP) is 5.87. The number of hydrogen-bond donors (Lipinski definition) is 1. The molecule has 3 aromatic carbocycles. The van der Waals surface area contributed by atoms with Crippen molar-refractivity contribution in [2.24, 2.45) is 0 Å². The number of thiocarbonyl (C=S) groups is 1. The summed E-state index contributed by atoms with van der Waals surface area (Å²) in [6.45, 7) is 7.32. The van der Waals surface area contributed by atoms with E-state index in [1.807, 2.05) is 12.1 Å². The molecule has 38 heavy (non-hydrogen) atoms. The van der Waals surface area contributed by atoms with Crippen molar-refractivity contribution in [1.82, 2.24) is 4.90 Å². The first-order valence-electron chi connectivity index (χ1n) is 12.6. The molecule has 0 spiro atoms. The number of esters is 1. The van der Waals surface area contributed by atoms with E-state index < -0.39 is 0 Å². The summed E-state index contributed by atoms with van der Waals surface area (Å²) in [4.78, 5) is 14.2. The number of carbonyl (C=O) groups is 1. The van der Waals surface area contributed by atoms with Crippen LogP contribution in [0.25, 0.3) is 0 Å². The van der Waals surface area contributed by atoms with Crippen LogP contribution >= 0.6 is 12.2 Å². The summed E-state index contributed by atoms with van der Waals surface area (Å²) in [5.74, 6) is 1.66. The molecule has 8 heteroatoms. The van der Waals surface area contributed by atoms with Crippen molar-refractivity contribution in [1.29, 1.82) is 0 Å². The molecule has 3 aromatic rings. The number of methoxy groups -OCH3 is 2. The lowest BCUT2D eigenvalue weighted by molar-refractivity contribution is 0.0526. The van der Waals surface area contributed by atoms with Gasteiger partial charge in [0.05, 0.1) is 32.4 Å². The summed E-state index contributed by atoms with van der Waals surface area (Å²) in [7, 11) is 3.27. The minimum absolute atomic E-state index is 0.172. The molecule has 0 fully saturated rings. The Morgan fingerprint density at radius 2 is 1.74 bits per heavy atom. The molecule has 0 saturated carbocycles. The summed E-state index contributed by atoms with van der Waals surface area (Å²) in [5, 5.41) is 4.07. The second-order valence-electron chi connectivity index (χ2n) is 9.17. The number of fused-ring (bicyclic) bond motifs is 1. The zero-order valence-electron chi connectivity index (χ0n) is 22.5. The maximum atomic E-state index is 12.0. The minimum atomic E-state index is -0.352. The highest BCUT2D eigenvalue weighted by Gasteiger charge is 2.31. The molecule has 1 N–H and O–H groups in total. The van der Waals surface area contributed by atoms with E-state index in [1.165, 1.54) is 11.1 Å². The summed E-state index contributed by atoms with van der Waals surface area (Å²) < 4.78 is 22.5. The molecule has 0 amide bonds. The lowest BCUT2D eigenvalue weighted by Crippen LogP contribution is -2.44. The van der Waals surface area contributed by atoms with E-state index in [0.29, 0.717) is 41.1 Å². The smallest absolute Gasteiger partial charge is 0.338 e. The Hall–Kier alpha value is -3.78. The van der Waals surface area contributed by atoms with E-state index in [2.05, 4.69) is 42.3 Å². The molecular formula is C30H34N2O5S. The highest BCUT2D eigenvalue weighted by molar-refractivity contribution is 7.80. The Bertz CT molecular complexity index is 1310. The zero-order chi connectivity index (χ0) is 27.2. The van der Waals surface area contributed by atoms with Gasteiger partial charge in [-0.1, -0.05) is 17.7 Å². The molecule has 0 saturated heterocycles. The highest BCUT2D eigenvalue weighted by Crippen LogP contribution is 2.39. The number of rotatable bonds is 8. The first-order valence-corrected chi connectivity index (χ1v) is 13.0. The van der Waals surface area contributed by atoms with Crippen molar-refractivity contribution >= 4 is 29.0 Å². The summed E-state index contributed by atoms with van der Waals surface area (Å²) in [5.41, 5.74) is 6.03. The molecule has 7 nitrogen and oxygen atoms in total. The molecule has 0 aromatic heterocycles. The van der Waals surface area contributed by atoms with Crippen LogP contribution in [0, 0.1) is 13.8 Å². The van der Waals surface area contributed by atoms with Gasteiger partial charge in [-0.15, -0.1) is 0 Å². The second kappa shape index (κ2) is 12.2. The van der Waals surface area contributed by atoms with Crippen LogP contribution in [0.3, 0.4) is 0 Å². The van der Waals surface area contributed by atoms with E-state index in [4.69, 9.17) is 31.2 Å². The van der Waals surface area contributed by atoms with Crippen LogP contribution < -0.4 is 19.5 Å². The van der Waals surface area contributed by atoms with Gasteiger partial charge < -0.3 is 29.2 Å². The van der Waals surface area contributed by atoms with Crippen LogP contribution in [0.5, 0.6) is 17.2 Å². The van der Waals surface area contributed by atoms with E-state index in [9.17, 15) is 4.79 Å². The van der Waals surface area contributed by atoms with E-state index in [0.717, 1.165) is 29.8 Å². The fraction of sp³-hybridized carbons (Fsp3) is 0.333. The van der Waals surface area contributed by atoms with Crippen LogP contribution in [0.4, 0.5) is 5.69 Å². The van der Waals surface area contributed by atoms with Crippen LogP contribution in [0.15, 0.2) is 54.6 Å². The highest BCUT2D eigenvalue weighted by atomic mass is 32.1. The maximum absolute atomic E-state index is 12.0. The first-order chi connectivity index (χ1) is 18.3. The normalized spacial score (nSPS) is 14.3. The molecule has 1 aliphatic rings. The topological polar surface area (TPSA) is 69.3 Å². The number of aryl methyl sites for hydroxylation is 2. The van der Waals surface area contributed by atoms with Gasteiger partial charge in [-0.3, -0.25) is 0 Å². The summed E-state index contributed by atoms with van der Waals surface area (Å²) in [6.07, 6.45) is 0.801. The largest absolute Gasteiger partial charge is 0.493 e. The molecular weight excluding hydrogens is 500 g/mol. The van der Waals surface area contributed by atoms with Crippen molar-refractivity contribution < 1.29 is 23.7 Å². The lowest BCUT2D eigenvalue weighted by atomic mass is 9.92. The second-order valence-corrected chi connectivity index (χ2v) is 9.56. The molecule has 0 unspecified atom stereocenters. The monoisotopic (exact) mass is 534 g/mol. The number of nitrogens with zero attached hydrogens (tertiary/aromatic N) is 1. The van der Waals surface area contributed by atoms with E-state index in [1.54, 1.807) is 45.4 Å². The van der Waals surface area contributed by atoms with Gasteiger partial charge >= 0.3 is 5.97 Å². The minimum Gasteiger partial charge on any atom is -0.493 e. The fourth-order valence-electron chi connectivity index (χ4n) is 4.67. The zero-order valence-corrected chi connectivity index (χ0v) is 23.3. The Kier molecular flexibility index (Phi) is 8.73. The molecule has 200 valence electrons. The van der Waals surface area contributed by atoms with Gasteiger partial charge in [-0.25, -0.2) is 4.79 Å². The van der Waals surface area contributed by atoms with Gasteiger partial charge in [0.2, 0.25) is 0 Å². The molecule has 0 radical (unpaired) electrons. The third-order valence-corrected chi connectivity index (χ3v) is 7.00. The van der Waals surface area contributed by atoms with Crippen molar-refractivity contribution in [2.75, 3.05) is 39.3 Å². The molecule has 1 heterocycles. The number of carbonyl (C=O) groups excluding carboxylic acids is 1. The van der Waals surface area contributed by atoms with Gasteiger partial charge in [-0.2, -0.15) is 0 Å². The Labute approximate surface area is 229 Å². The van der Waals surface area contributed by atoms with Crippen LogP contribution in [0.1, 0.15) is 45.6 Å². The van der Waals surface area contributed by atoms with Crippen LogP contribution in [-0.4, -0.2) is 50.0 Å². The number of ether oxygens (including phenoxy) is 4. The number of benzene rings is 3. The third kappa shape index (κ3) is 6.02. The molecule has 1 aliphatic heterocycles. The number of hydrogen-bond acceptors (Lipinski definition) is 6. The fourth-order valence-corrected chi connectivity index (χ4v) is 5.00. The Balaban J connectivity index is 1.61. The van der Waals surface area contributed by atoms with Gasteiger partial charge in [0.25, 0.3) is 0 Å². The Morgan fingerprint density at radius 3 is 2.39 bits per heavy atom. The number of nitrogens with one attached hydrogen (secondary N) is 1. The number of anilines is 1. The van der Waals surface area contributed by atoms with Crippen molar-refractivity contribution in [3.63, 3.8) is 0 Å². The van der Waals surface area contributed by atoms with E-state index in [-0.39, 0.29) is 12.0 Å². The first kappa shape index (κ1) is 27.3. The van der Waals surface area contributed by atoms with Gasteiger partial charge in [-0.05, 0) is 98.6 Å². The summed E-state index contributed by atoms with van der Waals surface area (Å²) >= 11 is 5.92. The SMILES string of the molecule is CCOC(=O)c1ccc(OC[C@H]2c3cc(OC)c(OC)cc3CCN2C(=S)Nc2ccc(C)cc2C)cc1. The Morgan fingerprint density at radius 1 is 1.03 bits per heavy atom. The molecule has 0 aliphatic carbocycles. The molecule has 1 atom stereocenters. The summed E-state index contributed by atoms with van der Waals surface area (Å²) in [6, 6.07) is 17.1. The average molecular weight is 535 g/mol. The molecule has 4 rings (SSSR count). The van der Waals surface area contributed by atoms with Crippen molar-refractivity contribution in [3.8, 4) is 17.2 Å². The standard InChI is InChI=1S/C30H34N2O5S/c1-6-36-29(33)21-8-10-23(11-9-21)37-18-26-24-17-28(35-5)27(34-4)16-22(24)13-14-32(26)30(38)31-25-12-7-19(2)15-20(25)3/h7-12,15-17,26H,6,13-14,18H2,1-5H3,(H,31,38)/t26-/m0/s1. The molecule has 0 bridgehead atoms. The lowest BCUT2D eigenvalue weighted by Gasteiger charge is -2.39. The predicted molar refractivity (Wildman–Crippen MR) is 153 cm³/mol. The maximum Gasteiger partial charge on any atom is 0.338 e.